The van der Waals surface area contributed by atoms with Gasteiger partial charge in [-0.25, -0.2) is 8.78 Å². The van der Waals surface area contributed by atoms with Gasteiger partial charge in [-0.15, -0.1) is 0 Å². The molecular formula is C29H48F2O. The second-order valence-corrected chi connectivity index (χ2v) is 12.7. The van der Waals surface area contributed by atoms with E-state index in [0.717, 1.165) is 38.0 Å². The lowest BCUT2D eigenvalue weighted by Gasteiger charge is -2.57. The molecule has 5 saturated carbocycles. The van der Waals surface area contributed by atoms with Gasteiger partial charge < -0.3 is 0 Å². The molecule has 5 rings (SSSR count). The van der Waals surface area contributed by atoms with Crippen LogP contribution in [0.15, 0.2) is 0 Å². The molecular weight excluding hydrogens is 402 g/mol. The van der Waals surface area contributed by atoms with Crippen LogP contribution in [0.3, 0.4) is 0 Å². The van der Waals surface area contributed by atoms with Gasteiger partial charge in [0.15, 0.2) is 0 Å². The zero-order valence-electron chi connectivity index (χ0n) is 20.9. The fourth-order valence-corrected chi connectivity index (χ4v) is 8.27. The maximum absolute atomic E-state index is 15.3. The molecule has 0 saturated heterocycles. The molecule has 4 atom stereocenters. The number of Topliss-reactive ketones (excluding diaryl/α,β-unsaturated/α-hetero) is 1. The molecule has 0 aromatic heterocycles. The number of fused-ring (bicyclic) bond motifs is 3. The van der Waals surface area contributed by atoms with Crippen LogP contribution in [-0.2, 0) is 4.79 Å². The number of hydrogen-bond donors (Lipinski definition) is 0. The Kier molecular flexibility index (Phi) is 8.03. The Morgan fingerprint density at radius 3 is 2.03 bits per heavy atom. The van der Waals surface area contributed by atoms with E-state index >= 15 is 4.39 Å². The second-order valence-electron chi connectivity index (χ2n) is 12.7. The normalized spacial score (nSPS) is 44.9. The summed E-state index contributed by atoms with van der Waals surface area (Å²) in [6, 6.07) is 0. The van der Waals surface area contributed by atoms with Gasteiger partial charge in [0, 0.05) is 6.42 Å². The molecule has 0 N–H and O–H groups in total. The monoisotopic (exact) mass is 450 g/mol. The zero-order chi connectivity index (χ0) is 22.8. The molecule has 32 heavy (non-hydrogen) atoms. The molecule has 5 fully saturated rings. The number of alkyl halides is 2. The molecule has 0 aromatic rings. The molecule has 0 amide bonds. The number of ketones is 1. The number of hydrogen-bond acceptors (Lipinski definition) is 1. The summed E-state index contributed by atoms with van der Waals surface area (Å²) in [5, 5.41) is 0. The molecule has 0 heterocycles. The van der Waals surface area contributed by atoms with Crippen LogP contribution in [0.4, 0.5) is 8.78 Å². The summed E-state index contributed by atoms with van der Waals surface area (Å²) in [7, 11) is 0. The summed E-state index contributed by atoms with van der Waals surface area (Å²) >= 11 is 0. The van der Waals surface area contributed by atoms with Crippen LogP contribution in [-0.4, -0.2) is 18.1 Å². The van der Waals surface area contributed by atoms with Crippen molar-refractivity contribution in [1.29, 1.82) is 0 Å². The highest BCUT2D eigenvalue weighted by Crippen LogP contribution is 2.62. The van der Waals surface area contributed by atoms with Crippen molar-refractivity contribution in [2.45, 2.75) is 142 Å². The first kappa shape index (κ1) is 24.6. The van der Waals surface area contributed by atoms with Gasteiger partial charge in [-0.2, -0.15) is 0 Å². The van der Waals surface area contributed by atoms with E-state index in [4.69, 9.17) is 0 Å². The average molecular weight is 451 g/mol. The molecule has 5 aliphatic rings. The molecule has 5 aliphatic carbocycles. The van der Waals surface area contributed by atoms with E-state index < -0.39 is 18.3 Å². The Bertz CT molecular complexity index is 598. The quantitative estimate of drug-likeness (QED) is 0.267. The van der Waals surface area contributed by atoms with Gasteiger partial charge in [-0.05, 0) is 118 Å². The second kappa shape index (κ2) is 10.4. The van der Waals surface area contributed by atoms with Crippen LogP contribution in [0.1, 0.15) is 129 Å². The minimum atomic E-state index is -1.28. The largest absolute Gasteiger partial charge is 0.299 e. The SMILES string of the molecule is CCCCCCC(=O)C1C(F)CCC(C2CCC(C34CCC(C)(CC3)CC4)CC2)CC1F. The summed E-state index contributed by atoms with van der Waals surface area (Å²) < 4.78 is 30.2. The van der Waals surface area contributed by atoms with Crippen molar-refractivity contribution in [3.8, 4) is 0 Å². The van der Waals surface area contributed by atoms with Gasteiger partial charge in [0.25, 0.3) is 0 Å². The van der Waals surface area contributed by atoms with Crippen molar-refractivity contribution in [1.82, 2.24) is 0 Å². The van der Waals surface area contributed by atoms with Crippen LogP contribution < -0.4 is 0 Å². The van der Waals surface area contributed by atoms with Gasteiger partial charge >= 0.3 is 0 Å². The number of carbonyl (C=O) groups excluding carboxylic acids is 1. The molecule has 3 heteroatoms. The summed E-state index contributed by atoms with van der Waals surface area (Å²) in [5.74, 6) is 0.549. The third kappa shape index (κ3) is 5.27. The van der Waals surface area contributed by atoms with Crippen LogP contribution in [0.5, 0.6) is 0 Å². The summed E-state index contributed by atoms with van der Waals surface area (Å²) in [6.45, 7) is 4.63. The van der Waals surface area contributed by atoms with Crippen LogP contribution >= 0.6 is 0 Å². The number of halogens is 2. The van der Waals surface area contributed by atoms with Gasteiger partial charge in [0.05, 0.1) is 5.92 Å². The zero-order valence-corrected chi connectivity index (χ0v) is 20.9. The van der Waals surface area contributed by atoms with E-state index in [1.807, 2.05) is 0 Å². The summed E-state index contributed by atoms with van der Waals surface area (Å²) in [5.41, 5.74) is 1.23. The maximum atomic E-state index is 15.3. The predicted molar refractivity (Wildman–Crippen MR) is 128 cm³/mol. The van der Waals surface area contributed by atoms with Gasteiger partial charge in [0.2, 0.25) is 0 Å². The maximum Gasteiger partial charge on any atom is 0.141 e. The standard InChI is InChI=1S/C29H48F2O/c1-3-4-5-6-7-26(32)27-24(30)13-10-22(20-25(27)31)21-8-11-23(12-9-21)29-17-14-28(2,15-18-29)16-19-29/h21-25,27H,3-20H2,1-2H3. The number of carbonyl (C=O) groups is 1. The van der Waals surface area contributed by atoms with E-state index in [0.29, 0.717) is 36.0 Å². The first-order valence-corrected chi connectivity index (χ1v) is 14.2. The lowest BCUT2D eigenvalue weighted by molar-refractivity contribution is -0.127. The highest BCUT2D eigenvalue weighted by Gasteiger charge is 2.51. The third-order valence-corrected chi connectivity index (χ3v) is 10.8. The van der Waals surface area contributed by atoms with Crippen molar-refractivity contribution >= 4 is 5.78 Å². The van der Waals surface area contributed by atoms with E-state index in [2.05, 4.69) is 13.8 Å². The fourth-order valence-electron chi connectivity index (χ4n) is 8.27. The minimum Gasteiger partial charge on any atom is -0.299 e. The first-order chi connectivity index (χ1) is 15.4. The molecule has 184 valence electrons. The van der Waals surface area contributed by atoms with E-state index in [9.17, 15) is 9.18 Å². The van der Waals surface area contributed by atoms with Crippen LogP contribution in [0, 0.1) is 34.5 Å². The van der Waals surface area contributed by atoms with Crippen molar-refractivity contribution in [3.63, 3.8) is 0 Å². The Balaban J connectivity index is 1.28. The smallest absolute Gasteiger partial charge is 0.141 e. The Morgan fingerprint density at radius 1 is 0.781 bits per heavy atom. The average Bonchev–Trinajstić information content (AvgIpc) is 2.95. The first-order valence-electron chi connectivity index (χ1n) is 14.2. The van der Waals surface area contributed by atoms with Crippen molar-refractivity contribution < 1.29 is 13.6 Å². The van der Waals surface area contributed by atoms with Crippen molar-refractivity contribution in [2.24, 2.45) is 34.5 Å². The van der Waals surface area contributed by atoms with Crippen molar-refractivity contribution in [3.05, 3.63) is 0 Å². The molecule has 0 aromatic carbocycles. The van der Waals surface area contributed by atoms with Crippen LogP contribution in [0.25, 0.3) is 0 Å². The molecule has 0 radical (unpaired) electrons. The summed E-state index contributed by atoms with van der Waals surface area (Å²) in [6.07, 6.45) is 17.0. The Morgan fingerprint density at radius 2 is 1.41 bits per heavy atom. The third-order valence-electron chi connectivity index (χ3n) is 10.8. The lowest BCUT2D eigenvalue weighted by atomic mass is 9.49. The topological polar surface area (TPSA) is 17.1 Å². The number of unbranched alkanes of at least 4 members (excludes halogenated alkanes) is 3. The highest BCUT2D eigenvalue weighted by molar-refractivity contribution is 5.82. The molecule has 4 unspecified atom stereocenters. The van der Waals surface area contributed by atoms with E-state index in [1.165, 1.54) is 64.2 Å². The van der Waals surface area contributed by atoms with Gasteiger partial charge in [-0.1, -0.05) is 33.1 Å². The predicted octanol–water partition coefficient (Wildman–Crippen LogP) is 8.79. The molecule has 0 spiro atoms. The van der Waals surface area contributed by atoms with Gasteiger partial charge in [0.1, 0.15) is 18.1 Å². The minimum absolute atomic E-state index is 0.147. The fraction of sp³-hybridized carbons (Fsp3) is 0.966. The highest BCUT2D eigenvalue weighted by atomic mass is 19.1. The van der Waals surface area contributed by atoms with E-state index in [1.54, 1.807) is 0 Å². The molecule has 0 aliphatic heterocycles. The van der Waals surface area contributed by atoms with Gasteiger partial charge in [-0.3, -0.25) is 4.79 Å². The Hall–Kier alpha value is -0.470. The lowest BCUT2D eigenvalue weighted by Crippen LogP contribution is -2.45. The molecule has 2 bridgehead atoms. The van der Waals surface area contributed by atoms with Crippen LogP contribution in [0.2, 0.25) is 0 Å². The summed E-state index contributed by atoms with van der Waals surface area (Å²) in [4.78, 5) is 12.7. The van der Waals surface area contributed by atoms with Crippen molar-refractivity contribution in [2.75, 3.05) is 0 Å². The Labute approximate surface area is 195 Å². The van der Waals surface area contributed by atoms with E-state index in [-0.39, 0.29) is 11.7 Å². The number of rotatable bonds is 8. The molecule has 1 nitrogen and oxygen atoms in total.